The number of rotatable bonds is 8. The summed E-state index contributed by atoms with van der Waals surface area (Å²) in [6, 6.07) is 3.94. The summed E-state index contributed by atoms with van der Waals surface area (Å²) in [5.41, 5.74) is 0. The highest BCUT2D eigenvalue weighted by molar-refractivity contribution is 5.80. The Morgan fingerprint density at radius 1 is 1.52 bits per heavy atom. The van der Waals surface area contributed by atoms with Gasteiger partial charge < -0.3 is 19.4 Å². The summed E-state index contributed by atoms with van der Waals surface area (Å²) < 4.78 is 10.5. The SMILES string of the molecule is COCCN=C(NCCc1ccco1)N1CCC(CC(C)C)C1. The molecule has 23 heavy (non-hydrogen) atoms. The van der Waals surface area contributed by atoms with Gasteiger partial charge in [0.2, 0.25) is 0 Å². The highest BCUT2D eigenvalue weighted by atomic mass is 16.5. The molecule has 0 amide bonds. The summed E-state index contributed by atoms with van der Waals surface area (Å²) in [5, 5.41) is 3.49. The van der Waals surface area contributed by atoms with Crippen molar-refractivity contribution in [1.29, 1.82) is 0 Å². The minimum absolute atomic E-state index is 0.659. The Labute approximate surface area is 140 Å². The maximum atomic E-state index is 5.39. The van der Waals surface area contributed by atoms with Crippen LogP contribution in [0.5, 0.6) is 0 Å². The summed E-state index contributed by atoms with van der Waals surface area (Å²) >= 11 is 0. The Morgan fingerprint density at radius 2 is 2.39 bits per heavy atom. The monoisotopic (exact) mass is 321 g/mol. The predicted octanol–water partition coefficient (Wildman–Crippen LogP) is 2.78. The van der Waals surface area contributed by atoms with Crippen molar-refractivity contribution in [2.45, 2.75) is 33.1 Å². The van der Waals surface area contributed by atoms with Crippen LogP contribution in [0.1, 0.15) is 32.4 Å². The molecule has 1 aliphatic heterocycles. The lowest BCUT2D eigenvalue weighted by Gasteiger charge is -2.22. The number of guanidine groups is 1. The summed E-state index contributed by atoms with van der Waals surface area (Å²) in [4.78, 5) is 7.10. The fourth-order valence-corrected chi connectivity index (χ4v) is 3.15. The van der Waals surface area contributed by atoms with Crippen molar-refractivity contribution in [3.8, 4) is 0 Å². The van der Waals surface area contributed by atoms with Crippen molar-refractivity contribution in [2.24, 2.45) is 16.8 Å². The highest BCUT2D eigenvalue weighted by Gasteiger charge is 2.25. The van der Waals surface area contributed by atoms with E-state index in [2.05, 4.69) is 24.1 Å². The molecule has 1 saturated heterocycles. The van der Waals surface area contributed by atoms with E-state index in [4.69, 9.17) is 14.1 Å². The summed E-state index contributed by atoms with van der Waals surface area (Å²) in [7, 11) is 1.72. The van der Waals surface area contributed by atoms with Gasteiger partial charge in [0.05, 0.1) is 19.4 Å². The Balaban J connectivity index is 1.85. The quantitative estimate of drug-likeness (QED) is 0.454. The van der Waals surface area contributed by atoms with E-state index in [1.54, 1.807) is 13.4 Å². The van der Waals surface area contributed by atoms with E-state index in [0.717, 1.165) is 49.6 Å². The molecule has 5 heteroatoms. The first-order valence-electron chi connectivity index (χ1n) is 8.73. The van der Waals surface area contributed by atoms with Gasteiger partial charge in [0.15, 0.2) is 5.96 Å². The Bertz CT molecular complexity index is 457. The molecule has 1 N–H and O–H groups in total. The normalized spacial score (nSPS) is 18.9. The molecule has 1 fully saturated rings. The molecule has 1 atom stereocenters. The molecular formula is C18H31N3O2. The molecule has 0 spiro atoms. The van der Waals surface area contributed by atoms with Crippen molar-refractivity contribution < 1.29 is 9.15 Å². The van der Waals surface area contributed by atoms with Gasteiger partial charge in [0, 0.05) is 33.2 Å². The van der Waals surface area contributed by atoms with Gasteiger partial charge in [-0.3, -0.25) is 4.99 Å². The molecule has 0 aliphatic carbocycles. The summed E-state index contributed by atoms with van der Waals surface area (Å²) in [6.45, 7) is 9.01. The van der Waals surface area contributed by atoms with E-state index in [1.807, 2.05) is 12.1 Å². The summed E-state index contributed by atoms with van der Waals surface area (Å²) in [5.74, 6) is 3.57. The van der Waals surface area contributed by atoms with E-state index in [-0.39, 0.29) is 0 Å². The van der Waals surface area contributed by atoms with Crippen LogP contribution in [-0.2, 0) is 11.2 Å². The maximum absolute atomic E-state index is 5.39. The number of ether oxygens (including phenoxy) is 1. The van der Waals surface area contributed by atoms with Crippen LogP contribution in [0.2, 0.25) is 0 Å². The lowest BCUT2D eigenvalue weighted by Crippen LogP contribution is -2.41. The summed E-state index contributed by atoms with van der Waals surface area (Å²) in [6.07, 6.45) is 5.16. The average molecular weight is 321 g/mol. The molecule has 2 heterocycles. The van der Waals surface area contributed by atoms with Crippen LogP contribution in [0.4, 0.5) is 0 Å². The number of furan rings is 1. The second-order valence-electron chi connectivity index (χ2n) is 6.68. The lowest BCUT2D eigenvalue weighted by atomic mass is 9.97. The maximum Gasteiger partial charge on any atom is 0.194 e. The first-order valence-corrected chi connectivity index (χ1v) is 8.73. The third-order valence-corrected chi connectivity index (χ3v) is 4.18. The topological polar surface area (TPSA) is 50.0 Å². The molecule has 130 valence electrons. The van der Waals surface area contributed by atoms with E-state index in [1.165, 1.54) is 12.8 Å². The van der Waals surface area contributed by atoms with Crippen LogP contribution >= 0.6 is 0 Å². The first kappa shape index (κ1) is 17.9. The average Bonchev–Trinajstić information content (AvgIpc) is 3.17. The largest absolute Gasteiger partial charge is 0.469 e. The zero-order chi connectivity index (χ0) is 16.5. The minimum Gasteiger partial charge on any atom is -0.469 e. The van der Waals surface area contributed by atoms with Gasteiger partial charge in [-0.25, -0.2) is 0 Å². The number of hydrogen-bond donors (Lipinski definition) is 1. The molecule has 5 nitrogen and oxygen atoms in total. The molecule has 2 rings (SSSR count). The highest BCUT2D eigenvalue weighted by Crippen LogP contribution is 2.23. The number of aliphatic imine (C=N–C) groups is 1. The second kappa shape index (κ2) is 9.60. The third-order valence-electron chi connectivity index (χ3n) is 4.18. The Hall–Kier alpha value is -1.49. The zero-order valence-corrected chi connectivity index (χ0v) is 14.8. The van der Waals surface area contributed by atoms with Crippen LogP contribution < -0.4 is 5.32 Å². The molecule has 0 bridgehead atoms. The van der Waals surface area contributed by atoms with Crippen molar-refractivity contribution >= 4 is 5.96 Å². The zero-order valence-electron chi connectivity index (χ0n) is 14.8. The van der Waals surface area contributed by atoms with E-state index in [0.29, 0.717) is 13.2 Å². The van der Waals surface area contributed by atoms with Gasteiger partial charge in [0.1, 0.15) is 5.76 Å². The number of nitrogens with zero attached hydrogens (tertiary/aromatic N) is 2. The van der Waals surface area contributed by atoms with Crippen LogP contribution in [0, 0.1) is 11.8 Å². The predicted molar refractivity (Wildman–Crippen MR) is 93.7 cm³/mol. The number of hydrogen-bond acceptors (Lipinski definition) is 3. The Morgan fingerprint density at radius 3 is 3.09 bits per heavy atom. The number of likely N-dealkylation sites (tertiary alicyclic amines) is 1. The molecular weight excluding hydrogens is 290 g/mol. The molecule has 0 radical (unpaired) electrons. The van der Waals surface area contributed by atoms with Crippen LogP contribution in [0.25, 0.3) is 0 Å². The third kappa shape index (κ3) is 6.26. The first-order chi connectivity index (χ1) is 11.2. The van der Waals surface area contributed by atoms with Crippen molar-refractivity contribution in [3.05, 3.63) is 24.2 Å². The van der Waals surface area contributed by atoms with Crippen molar-refractivity contribution in [1.82, 2.24) is 10.2 Å². The van der Waals surface area contributed by atoms with Gasteiger partial charge in [-0.15, -0.1) is 0 Å². The van der Waals surface area contributed by atoms with E-state index >= 15 is 0 Å². The molecule has 1 aromatic rings. The second-order valence-corrected chi connectivity index (χ2v) is 6.68. The van der Waals surface area contributed by atoms with Crippen molar-refractivity contribution in [2.75, 3.05) is 39.9 Å². The molecule has 1 aromatic heterocycles. The van der Waals surface area contributed by atoms with Crippen molar-refractivity contribution in [3.63, 3.8) is 0 Å². The lowest BCUT2D eigenvalue weighted by molar-refractivity contribution is 0.207. The Kier molecular flexibility index (Phi) is 7.46. The molecule has 1 unspecified atom stereocenters. The fraction of sp³-hybridized carbons (Fsp3) is 0.722. The van der Waals surface area contributed by atoms with Gasteiger partial charge in [-0.1, -0.05) is 13.8 Å². The van der Waals surface area contributed by atoms with Crippen LogP contribution in [0.3, 0.4) is 0 Å². The molecule has 0 saturated carbocycles. The van der Waals surface area contributed by atoms with Gasteiger partial charge in [-0.05, 0) is 36.8 Å². The fourth-order valence-electron chi connectivity index (χ4n) is 3.15. The number of methoxy groups -OCH3 is 1. The van der Waals surface area contributed by atoms with E-state index in [9.17, 15) is 0 Å². The van der Waals surface area contributed by atoms with E-state index < -0.39 is 0 Å². The minimum atomic E-state index is 0.659. The number of nitrogens with one attached hydrogen (secondary N) is 1. The molecule has 1 aliphatic rings. The smallest absolute Gasteiger partial charge is 0.194 e. The van der Waals surface area contributed by atoms with Crippen LogP contribution in [-0.4, -0.2) is 50.8 Å². The van der Waals surface area contributed by atoms with Gasteiger partial charge >= 0.3 is 0 Å². The van der Waals surface area contributed by atoms with Gasteiger partial charge in [0.25, 0.3) is 0 Å². The molecule has 0 aromatic carbocycles. The van der Waals surface area contributed by atoms with Gasteiger partial charge in [-0.2, -0.15) is 0 Å². The van der Waals surface area contributed by atoms with Crippen LogP contribution in [0.15, 0.2) is 27.8 Å². The standard InChI is InChI=1S/C18H31N3O2/c1-15(2)13-16-7-10-21(14-16)18(20-9-12-22-3)19-8-6-17-5-4-11-23-17/h4-5,11,15-16H,6-10,12-14H2,1-3H3,(H,19,20).